The Morgan fingerprint density at radius 2 is 1.79 bits per heavy atom. The molecule has 43 heavy (non-hydrogen) atoms. The molecular formula is C32H37BFN7O2. The summed E-state index contributed by atoms with van der Waals surface area (Å²) < 4.78 is 19.4. The van der Waals surface area contributed by atoms with Crippen molar-refractivity contribution >= 4 is 41.0 Å². The highest BCUT2D eigenvalue weighted by Gasteiger charge is 2.46. The van der Waals surface area contributed by atoms with Crippen LogP contribution in [0.1, 0.15) is 5.56 Å². The van der Waals surface area contributed by atoms with Gasteiger partial charge in [0.1, 0.15) is 29.9 Å². The molecule has 1 fully saturated rings. The Morgan fingerprint density at radius 3 is 2.51 bits per heavy atom. The number of likely N-dealkylation sites (N-methyl/N-ethyl adjacent to an activating group) is 1. The lowest BCUT2D eigenvalue weighted by Crippen LogP contribution is -2.51. The van der Waals surface area contributed by atoms with Gasteiger partial charge in [0.2, 0.25) is 5.81 Å². The molecule has 0 bridgehead atoms. The maximum Gasteiger partial charge on any atom is 0.368 e. The van der Waals surface area contributed by atoms with Gasteiger partial charge in [-0.1, -0.05) is 12.1 Å². The molecule has 0 aromatic heterocycles. The normalized spacial score (nSPS) is 17.3. The molecular weight excluding hydrogens is 544 g/mol. The molecule has 3 aromatic rings. The van der Waals surface area contributed by atoms with Gasteiger partial charge in [0.15, 0.2) is 0 Å². The second-order valence-electron chi connectivity index (χ2n) is 11.4. The molecule has 0 spiro atoms. The lowest BCUT2D eigenvalue weighted by atomic mass is 9.55. The lowest BCUT2D eigenvalue weighted by molar-refractivity contribution is 0.260. The summed E-state index contributed by atoms with van der Waals surface area (Å²) in [6.07, 6.45) is 1.92. The first-order valence-corrected chi connectivity index (χ1v) is 14.5. The zero-order valence-electron chi connectivity index (χ0n) is 25.1. The van der Waals surface area contributed by atoms with Gasteiger partial charge in [-0.2, -0.15) is 0 Å². The van der Waals surface area contributed by atoms with Crippen LogP contribution < -0.4 is 25.3 Å². The fourth-order valence-corrected chi connectivity index (χ4v) is 5.94. The number of amides is 1. The average molecular weight is 582 g/mol. The number of nitrogens with zero attached hydrogens (tertiary/aromatic N) is 6. The number of anilines is 3. The molecule has 3 aromatic carbocycles. The van der Waals surface area contributed by atoms with Gasteiger partial charge in [-0.3, -0.25) is 9.69 Å². The lowest BCUT2D eigenvalue weighted by Gasteiger charge is -2.34. The number of amidine groups is 1. The molecule has 11 heteroatoms. The van der Waals surface area contributed by atoms with E-state index in [0.717, 1.165) is 54.4 Å². The third kappa shape index (κ3) is 5.96. The highest BCUT2D eigenvalue weighted by molar-refractivity contribution is 7.02. The number of carbonyl (C=O) groups excluding carboxylic acids is 1. The van der Waals surface area contributed by atoms with Crippen molar-refractivity contribution in [3.05, 3.63) is 90.0 Å². The number of hydrogen-bond acceptors (Lipinski definition) is 8. The van der Waals surface area contributed by atoms with Gasteiger partial charge in [-0.15, -0.1) is 0 Å². The number of nitrogens with one attached hydrogen (secondary N) is 1. The summed E-state index contributed by atoms with van der Waals surface area (Å²) in [6.45, 7) is 4.39. The highest BCUT2D eigenvalue weighted by atomic mass is 19.1. The average Bonchev–Trinajstić information content (AvgIpc) is 3.29. The van der Waals surface area contributed by atoms with E-state index in [4.69, 9.17) is 9.73 Å². The zero-order chi connectivity index (χ0) is 30.1. The Morgan fingerprint density at radius 1 is 1.02 bits per heavy atom. The molecule has 6 rings (SSSR count). The van der Waals surface area contributed by atoms with Crippen LogP contribution in [0.25, 0.3) is 0 Å². The van der Waals surface area contributed by atoms with Gasteiger partial charge in [-0.05, 0) is 79.7 Å². The van der Waals surface area contributed by atoms with Crippen LogP contribution >= 0.6 is 0 Å². The summed E-state index contributed by atoms with van der Waals surface area (Å²) in [5.41, 5.74) is 4.57. The van der Waals surface area contributed by atoms with Crippen molar-refractivity contribution in [1.82, 2.24) is 14.6 Å². The largest absolute Gasteiger partial charge is 0.497 e. The number of carbonyl (C=O) groups is 1. The number of benzene rings is 3. The Labute approximate surface area is 252 Å². The summed E-state index contributed by atoms with van der Waals surface area (Å²) in [5.74, 6) is 1.70. The second kappa shape index (κ2) is 12.1. The molecule has 222 valence electrons. The Bertz CT molecular complexity index is 1560. The number of piperazine rings is 1. The van der Waals surface area contributed by atoms with Gasteiger partial charge < -0.3 is 29.6 Å². The molecule has 9 nitrogen and oxygen atoms in total. The number of fused-ring (bicyclic) bond motifs is 1. The Hall–Kier alpha value is -4.35. The molecule has 1 saturated heterocycles. The Balaban J connectivity index is 1.25. The number of rotatable bonds is 7. The van der Waals surface area contributed by atoms with E-state index in [0.29, 0.717) is 24.8 Å². The van der Waals surface area contributed by atoms with Crippen LogP contribution in [0.15, 0.2) is 83.6 Å². The number of methoxy groups -OCH3 is 1. The van der Waals surface area contributed by atoms with Crippen LogP contribution in [0.5, 0.6) is 5.75 Å². The fraction of sp³-hybridized carbons (Fsp3) is 0.312. The number of aliphatic imine (C=N–C) groups is 1. The number of halogens is 1. The van der Waals surface area contributed by atoms with Crippen molar-refractivity contribution in [2.75, 3.05) is 76.2 Å². The van der Waals surface area contributed by atoms with Gasteiger partial charge >= 0.3 is 6.85 Å². The maximum atomic E-state index is 14.2. The molecule has 0 unspecified atom stereocenters. The van der Waals surface area contributed by atoms with E-state index in [1.807, 2.05) is 54.1 Å². The minimum absolute atomic E-state index is 0.0852. The van der Waals surface area contributed by atoms with Crippen molar-refractivity contribution in [3.8, 4) is 5.75 Å². The smallest absolute Gasteiger partial charge is 0.368 e. The SMILES string of the molecule is COc1ccc2c(c1)B(N(C)Cc1cccc(F)c1)C(=O)N2C1=CC(Nc2ccc(N3CCN(C)CC3)cc2)=NCN1C. The monoisotopic (exact) mass is 581 g/mol. The molecule has 3 heterocycles. The highest BCUT2D eigenvalue weighted by Crippen LogP contribution is 2.32. The minimum Gasteiger partial charge on any atom is -0.497 e. The quantitative estimate of drug-likeness (QED) is 0.427. The van der Waals surface area contributed by atoms with Crippen molar-refractivity contribution in [2.24, 2.45) is 4.99 Å². The van der Waals surface area contributed by atoms with Gasteiger partial charge in [0, 0.05) is 62.9 Å². The summed E-state index contributed by atoms with van der Waals surface area (Å²) in [7, 11) is 7.59. The van der Waals surface area contributed by atoms with Gasteiger partial charge in [-0.25, -0.2) is 9.38 Å². The summed E-state index contributed by atoms with van der Waals surface area (Å²) in [4.78, 5) is 29.3. The van der Waals surface area contributed by atoms with Crippen LogP contribution in [0.4, 0.5) is 26.2 Å². The molecule has 0 radical (unpaired) electrons. The zero-order valence-corrected chi connectivity index (χ0v) is 25.1. The third-order valence-electron chi connectivity index (χ3n) is 8.33. The molecule has 0 saturated carbocycles. The van der Waals surface area contributed by atoms with E-state index in [1.165, 1.54) is 17.8 Å². The van der Waals surface area contributed by atoms with E-state index < -0.39 is 6.85 Å². The summed E-state index contributed by atoms with van der Waals surface area (Å²) >= 11 is 0. The maximum absolute atomic E-state index is 14.2. The van der Waals surface area contributed by atoms with Crippen LogP contribution in [0.3, 0.4) is 0 Å². The van der Waals surface area contributed by atoms with Gasteiger partial charge in [0.25, 0.3) is 0 Å². The van der Waals surface area contributed by atoms with E-state index in [1.54, 1.807) is 18.1 Å². The molecule has 3 aliphatic rings. The number of hydrogen-bond donors (Lipinski definition) is 1. The predicted octanol–water partition coefficient (Wildman–Crippen LogP) is 3.69. The van der Waals surface area contributed by atoms with Crippen molar-refractivity contribution < 1.29 is 13.9 Å². The van der Waals surface area contributed by atoms with Crippen LogP contribution in [-0.4, -0.2) is 94.2 Å². The molecule has 0 aliphatic carbocycles. The van der Waals surface area contributed by atoms with Crippen molar-refractivity contribution in [1.29, 1.82) is 0 Å². The summed E-state index contributed by atoms with van der Waals surface area (Å²) in [6, 6.07) is 20.6. The van der Waals surface area contributed by atoms with E-state index >= 15 is 0 Å². The molecule has 0 atom stereocenters. The first kappa shape index (κ1) is 28.8. The van der Waals surface area contributed by atoms with Crippen LogP contribution in [0, 0.1) is 5.82 Å². The predicted molar refractivity (Wildman–Crippen MR) is 172 cm³/mol. The molecule has 1 amide bonds. The first-order valence-electron chi connectivity index (χ1n) is 14.5. The van der Waals surface area contributed by atoms with Crippen molar-refractivity contribution in [2.45, 2.75) is 6.54 Å². The minimum atomic E-state index is -0.569. The first-order chi connectivity index (χ1) is 20.8. The molecule has 1 N–H and O–H groups in total. The van der Waals surface area contributed by atoms with E-state index in [9.17, 15) is 9.18 Å². The molecule has 3 aliphatic heterocycles. The standard InChI is InChI=1S/C32H37BFN7O2/c1-37-14-16-40(17-15-37)26-10-8-25(9-11-26)36-30-20-31(38(2)22-35-30)41-29-13-12-27(43-4)19-28(29)33(32(41)42)39(3)21-23-6-5-7-24(34)18-23/h5-13,18-20H,14-17,21-22H2,1-4H3,(H,35,36). The second-order valence-corrected chi connectivity index (χ2v) is 11.4. The Kier molecular flexibility index (Phi) is 8.09. The third-order valence-corrected chi connectivity index (χ3v) is 8.33. The number of ether oxygens (including phenoxy) is 1. The van der Waals surface area contributed by atoms with Crippen LogP contribution in [-0.2, 0) is 6.54 Å². The topological polar surface area (TPSA) is 66.9 Å². The van der Waals surface area contributed by atoms with Crippen LogP contribution in [0.2, 0.25) is 0 Å². The van der Waals surface area contributed by atoms with Gasteiger partial charge in [0.05, 0.1) is 7.11 Å². The van der Waals surface area contributed by atoms with Crippen molar-refractivity contribution in [3.63, 3.8) is 0 Å². The fourth-order valence-electron chi connectivity index (χ4n) is 5.94. The summed E-state index contributed by atoms with van der Waals surface area (Å²) in [5, 5.41) is 3.44. The van der Waals surface area contributed by atoms with E-state index in [-0.39, 0.29) is 11.6 Å². The van der Waals surface area contributed by atoms with E-state index in [2.05, 4.69) is 46.4 Å².